The summed E-state index contributed by atoms with van der Waals surface area (Å²) in [7, 11) is 0. The minimum atomic E-state index is -1.25. The molecule has 0 bridgehead atoms. The Morgan fingerprint density at radius 3 is 1.60 bits per heavy atom. The maximum Gasteiger partial charge on any atom is 0.326 e. The number of nitrogens with two attached hydrogens (primary N) is 5. The van der Waals surface area contributed by atoms with Gasteiger partial charge in [-0.1, -0.05) is 13.8 Å². The number of aliphatic carboxylic acids is 1. The van der Waals surface area contributed by atoms with Crippen LogP contribution in [0.4, 0.5) is 0 Å². The van der Waals surface area contributed by atoms with Crippen molar-refractivity contribution in [3.05, 3.63) is 0 Å². The number of nitrogens with one attached hydrogen (secondary N) is 3. The van der Waals surface area contributed by atoms with Crippen molar-refractivity contribution in [3.63, 3.8) is 0 Å². The molecule has 0 aromatic rings. The lowest BCUT2D eigenvalue weighted by atomic mass is 10.0. The summed E-state index contributed by atoms with van der Waals surface area (Å²) in [6.07, 6.45) is 0.790. The predicted molar refractivity (Wildman–Crippen MR) is 132 cm³/mol. The Kier molecular flexibility index (Phi) is 14.4. The molecule has 15 nitrogen and oxygen atoms in total. The van der Waals surface area contributed by atoms with E-state index in [1.165, 1.54) is 6.92 Å². The molecule has 0 fully saturated rings. The molecule has 0 saturated heterocycles. The molecule has 0 aromatic heterocycles. The number of guanidine groups is 2. The number of rotatable bonds is 16. The van der Waals surface area contributed by atoms with Gasteiger partial charge in [0.25, 0.3) is 0 Å². The number of carbonyl (C=O) groups is 4. The summed E-state index contributed by atoms with van der Waals surface area (Å²) in [5.41, 5.74) is 26.7. The fourth-order valence-corrected chi connectivity index (χ4v) is 2.89. The molecule has 4 atom stereocenters. The van der Waals surface area contributed by atoms with Gasteiger partial charge in [-0.2, -0.15) is 0 Å². The van der Waals surface area contributed by atoms with E-state index in [1.807, 2.05) is 0 Å². The van der Waals surface area contributed by atoms with Gasteiger partial charge >= 0.3 is 5.97 Å². The Morgan fingerprint density at radius 1 is 0.743 bits per heavy atom. The van der Waals surface area contributed by atoms with E-state index in [0.717, 1.165) is 0 Å². The van der Waals surface area contributed by atoms with Crippen molar-refractivity contribution in [2.45, 2.75) is 70.6 Å². The van der Waals surface area contributed by atoms with Crippen LogP contribution in [0.2, 0.25) is 0 Å². The predicted octanol–water partition coefficient (Wildman–Crippen LogP) is -3.36. The number of carboxylic acids is 1. The van der Waals surface area contributed by atoms with Crippen LogP contribution in [0.1, 0.15) is 46.5 Å². The minimum Gasteiger partial charge on any atom is -0.480 e. The second kappa shape index (κ2) is 16.1. The molecule has 0 aliphatic carbocycles. The van der Waals surface area contributed by atoms with Gasteiger partial charge in [0.15, 0.2) is 11.9 Å². The number of carboxylic acid groups (broad SMARTS) is 1. The molecule has 15 heteroatoms. The van der Waals surface area contributed by atoms with Gasteiger partial charge in [-0.15, -0.1) is 0 Å². The maximum absolute atomic E-state index is 12.9. The van der Waals surface area contributed by atoms with Crippen molar-refractivity contribution in [1.29, 1.82) is 0 Å². The Labute approximate surface area is 204 Å². The summed E-state index contributed by atoms with van der Waals surface area (Å²) < 4.78 is 0. The van der Waals surface area contributed by atoms with E-state index in [4.69, 9.17) is 28.7 Å². The lowest BCUT2D eigenvalue weighted by molar-refractivity contribution is -0.142. The largest absolute Gasteiger partial charge is 0.480 e. The highest BCUT2D eigenvalue weighted by Gasteiger charge is 2.31. The van der Waals surface area contributed by atoms with Gasteiger partial charge in [-0.25, -0.2) is 4.79 Å². The van der Waals surface area contributed by atoms with Gasteiger partial charge in [0.05, 0.1) is 6.04 Å². The van der Waals surface area contributed by atoms with Crippen molar-refractivity contribution in [1.82, 2.24) is 16.0 Å². The van der Waals surface area contributed by atoms with E-state index in [1.54, 1.807) is 13.8 Å². The average Bonchev–Trinajstić information content (AvgIpc) is 2.74. The van der Waals surface area contributed by atoms with Crippen LogP contribution in [0.15, 0.2) is 9.98 Å². The number of hydrogen-bond acceptors (Lipinski definition) is 7. The van der Waals surface area contributed by atoms with Crippen LogP contribution < -0.4 is 44.6 Å². The fraction of sp³-hybridized carbons (Fsp3) is 0.700. The normalized spacial score (nSPS) is 14.1. The molecule has 0 spiro atoms. The molecule has 35 heavy (non-hydrogen) atoms. The van der Waals surface area contributed by atoms with Crippen molar-refractivity contribution in [2.24, 2.45) is 44.6 Å². The van der Waals surface area contributed by atoms with E-state index >= 15 is 0 Å². The third-order valence-electron chi connectivity index (χ3n) is 4.80. The highest BCUT2D eigenvalue weighted by atomic mass is 16.4. The summed E-state index contributed by atoms with van der Waals surface area (Å²) in [6.45, 7) is 5.30. The monoisotopic (exact) mass is 500 g/mol. The molecule has 0 rings (SSSR count). The SMILES string of the molecule is CC(N)C(=O)NC(C(=O)NC(CCCN=C(N)N)C(=O)NC(CCCN=C(N)N)C(=O)O)C(C)C. The number of amides is 3. The maximum atomic E-state index is 12.9. The van der Waals surface area contributed by atoms with Crippen LogP contribution in [-0.4, -0.2) is 78.0 Å². The first-order valence-electron chi connectivity index (χ1n) is 11.3. The zero-order chi connectivity index (χ0) is 27.1. The van der Waals surface area contributed by atoms with Crippen LogP contribution in [0, 0.1) is 5.92 Å². The molecule has 0 aliphatic heterocycles. The molecular formula is C20H40N10O5. The van der Waals surface area contributed by atoms with Gasteiger partial charge in [0.2, 0.25) is 17.7 Å². The highest BCUT2D eigenvalue weighted by Crippen LogP contribution is 2.07. The van der Waals surface area contributed by atoms with Gasteiger partial charge in [0, 0.05) is 13.1 Å². The van der Waals surface area contributed by atoms with Crippen LogP contribution in [0.5, 0.6) is 0 Å². The summed E-state index contributed by atoms with van der Waals surface area (Å²) in [5, 5.41) is 17.1. The summed E-state index contributed by atoms with van der Waals surface area (Å²) in [4.78, 5) is 57.1. The fourth-order valence-electron chi connectivity index (χ4n) is 2.89. The van der Waals surface area contributed by atoms with Crippen LogP contribution >= 0.6 is 0 Å². The topological polar surface area (TPSA) is 279 Å². The van der Waals surface area contributed by atoms with Crippen molar-refractivity contribution < 1.29 is 24.3 Å². The second-order valence-corrected chi connectivity index (χ2v) is 8.38. The minimum absolute atomic E-state index is 0.0611. The summed E-state index contributed by atoms with van der Waals surface area (Å²) in [6, 6.07) is -4.13. The molecule has 14 N–H and O–H groups in total. The number of aliphatic imine (C=N–C) groups is 2. The standard InChI is InChI=1S/C20H40N10O5/c1-10(2)14(30-15(31)11(3)21)17(33)28-12(6-4-8-26-19(22)23)16(32)29-13(18(34)35)7-5-9-27-20(24)25/h10-14H,4-9,21H2,1-3H3,(H,28,33)(H,29,32)(H,30,31)(H,34,35)(H4,22,23,26)(H4,24,25,27). The number of nitrogens with zero attached hydrogens (tertiary/aromatic N) is 2. The van der Waals surface area contributed by atoms with Gasteiger partial charge in [-0.05, 0) is 38.5 Å². The van der Waals surface area contributed by atoms with E-state index < -0.39 is 47.9 Å². The first kappa shape index (κ1) is 31.4. The molecule has 0 radical (unpaired) electrons. The smallest absolute Gasteiger partial charge is 0.326 e. The molecule has 0 aromatic carbocycles. The molecule has 0 aliphatic rings. The van der Waals surface area contributed by atoms with E-state index in [2.05, 4.69) is 25.9 Å². The summed E-state index contributed by atoms with van der Waals surface area (Å²) >= 11 is 0. The van der Waals surface area contributed by atoms with E-state index in [9.17, 15) is 24.3 Å². The molecular weight excluding hydrogens is 460 g/mol. The zero-order valence-electron chi connectivity index (χ0n) is 20.5. The highest BCUT2D eigenvalue weighted by molar-refractivity contribution is 5.94. The third kappa shape index (κ3) is 13.6. The van der Waals surface area contributed by atoms with Gasteiger partial charge in [-0.3, -0.25) is 24.4 Å². The zero-order valence-corrected chi connectivity index (χ0v) is 20.5. The Morgan fingerprint density at radius 2 is 1.20 bits per heavy atom. The van der Waals surface area contributed by atoms with E-state index in [-0.39, 0.29) is 43.8 Å². The summed E-state index contributed by atoms with van der Waals surface area (Å²) in [5.74, 6) is -3.67. The third-order valence-corrected chi connectivity index (χ3v) is 4.80. The van der Waals surface area contributed by atoms with Crippen LogP contribution in [0.3, 0.4) is 0 Å². The first-order valence-corrected chi connectivity index (χ1v) is 11.3. The first-order chi connectivity index (χ1) is 16.3. The van der Waals surface area contributed by atoms with Crippen molar-refractivity contribution in [3.8, 4) is 0 Å². The molecule has 3 amide bonds. The number of hydrogen-bond donors (Lipinski definition) is 9. The van der Waals surface area contributed by atoms with Crippen LogP contribution in [0.25, 0.3) is 0 Å². The number of carbonyl (C=O) groups excluding carboxylic acids is 3. The molecule has 0 heterocycles. The van der Waals surface area contributed by atoms with Gasteiger partial charge < -0.3 is 49.7 Å². The Balaban J connectivity index is 5.48. The lowest BCUT2D eigenvalue weighted by Gasteiger charge is -2.26. The molecule has 200 valence electrons. The Hall–Kier alpha value is -3.62. The van der Waals surface area contributed by atoms with E-state index in [0.29, 0.717) is 12.8 Å². The van der Waals surface area contributed by atoms with Gasteiger partial charge in [0.1, 0.15) is 18.1 Å². The molecule has 0 saturated carbocycles. The quantitative estimate of drug-likeness (QED) is 0.0576. The second-order valence-electron chi connectivity index (χ2n) is 8.38. The van der Waals surface area contributed by atoms with Crippen molar-refractivity contribution in [2.75, 3.05) is 13.1 Å². The Bertz CT molecular complexity index is 776. The van der Waals surface area contributed by atoms with Crippen LogP contribution in [-0.2, 0) is 19.2 Å². The molecule has 4 unspecified atom stereocenters. The lowest BCUT2D eigenvalue weighted by Crippen LogP contribution is -2.58. The average molecular weight is 501 g/mol. The van der Waals surface area contributed by atoms with Crippen molar-refractivity contribution >= 4 is 35.6 Å².